The van der Waals surface area contributed by atoms with Gasteiger partial charge in [0.1, 0.15) is 17.4 Å². The molecule has 1 saturated heterocycles. The number of hydrogen-bond donors (Lipinski definition) is 3. The molecule has 2 heterocycles. The molecule has 2 amide bonds. The first kappa shape index (κ1) is 24.1. The molecule has 1 aliphatic heterocycles. The minimum absolute atomic E-state index is 0.0236. The summed E-state index contributed by atoms with van der Waals surface area (Å²) in [4.78, 5) is 29.9. The largest absolute Gasteiger partial charge is 0.476 e. The number of amides is 2. The summed E-state index contributed by atoms with van der Waals surface area (Å²) < 4.78 is 45.4. The van der Waals surface area contributed by atoms with Gasteiger partial charge < -0.3 is 25.8 Å². The van der Waals surface area contributed by atoms with E-state index in [0.29, 0.717) is 18.9 Å². The number of aromatic nitrogens is 1. The van der Waals surface area contributed by atoms with Crippen molar-refractivity contribution in [2.45, 2.75) is 57.3 Å². The number of anilines is 1. The predicted molar refractivity (Wildman–Crippen MR) is 110 cm³/mol. The summed E-state index contributed by atoms with van der Waals surface area (Å²) in [5.41, 5.74) is 2.79. The molecule has 1 aliphatic carbocycles. The SMILES string of the molecule is CC(C)CC(NC(=O)c1ccc(N2CCC(O)(C(F)(F)F)C2)c(OCC2CC2)n1)C(N)=O. The molecule has 0 bridgehead atoms. The van der Waals surface area contributed by atoms with Crippen molar-refractivity contribution in [2.24, 2.45) is 17.6 Å². The predicted octanol–water partition coefficient (Wildman–Crippen LogP) is 2.00. The maximum absolute atomic E-state index is 13.2. The number of carbonyl (C=O) groups is 2. The number of primary amides is 1. The summed E-state index contributed by atoms with van der Waals surface area (Å²) in [5, 5.41) is 12.6. The van der Waals surface area contributed by atoms with E-state index < -0.39 is 42.6 Å². The number of nitrogens with one attached hydrogen (secondary N) is 1. The van der Waals surface area contributed by atoms with Crippen molar-refractivity contribution >= 4 is 17.5 Å². The topological polar surface area (TPSA) is 118 Å². The van der Waals surface area contributed by atoms with E-state index in [1.165, 1.54) is 17.0 Å². The fourth-order valence-corrected chi connectivity index (χ4v) is 3.57. The average molecular weight is 458 g/mol. The van der Waals surface area contributed by atoms with Gasteiger partial charge in [-0.1, -0.05) is 13.8 Å². The Morgan fingerprint density at radius 3 is 2.59 bits per heavy atom. The van der Waals surface area contributed by atoms with Gasteiger partial charge in [-0.15, -0.1) is 0 Å². The van der Waals surface area contributed by atoms with Crippen molar-refractivity contribution in [2.75, 3.05) is 24.6 Å². The monoisotopic (exact) mass is 458 g/mol. The van der Waals surface area contributed by atoms with E-state index >= 15 is 0 Å². The van der Waals surface area contributed by atoms with Gasteiger partial charge in [-0.3, -0.25) is 9.59 Å². The molecule has 2 unspecified atom stereocenters. The average Bonchev–Trinajstić information content (AvgIpc) is 3.44. The molecule has 0 aromatic carbocycles. The molecule has 4 N–H and O–H groups in total. The number of alkyl halides is 3. The van der Waals surface area contributed by atoms with Crippen LogP contribution < -0.4 is 20.7 Å². The zero-order chi connectivity index (χ0) is 23.7. The van der Waals surface area contributed by atoms with Crippen molar-refractivity contribution in [1.29, 1.82) is 0 Å². The molecule has 8 nitrogen and oxygen atoms in total. The number of hydrogen-bond acceptors (Lipinski definition) is 6. The summed E-state index contributed by atoms with van der Waals surface area (Å²) in [5.74, 6) is -0.820. The van der Waals surface area contributed by atoms with E-state index in [1.54, 1.807) is 0 Å². The Balaban J connectivity index is 1.81. The van der Waals surface area contributed by atoms with Gasteiger partial charge in [0.15, 0.2) is 5.60 Å². The second kappa shape index (κ2) is 9.13. The molecule has 3 rings (SSSR count). The van der Waals surface area contributed by atoms with Crippen LogP contribution in [0, 0.1) is 11.8 Å². The second-order valence-electron chi connectivity index (χ2n) is 9.03. The normalized spacial score (nSPS) is 22.2. The Morgan fingerprint density at radius 1 is 1.38 bits per heavy atom. The fraction of sp³-hybridized carbons (Fsp3) is 0.667. The molecule has 0 radical (unpaired) electrons. The molecular formula is C21H29F3N4O4. The molecule has 2 fully saturated rings. The number of aliphatic hydroxyl groups is 1. The van der Waals surface area contributed by atoms with Gasteiger partial charge in [0, 0.05) is 13.0 Å². The van der Waals surface area contributed by atoms with Crippen LogP contribution >= 0.6 is 0 Å². The van der Waals surface area contributed by atoms with Crippen LogP contribution in [0.2, 0.25) is 0 Å². The maximum atomic E-state index is 13.2. The van der Waals surface area contributed by atoms with E-state index in [9.17, 15) is 27.9 Å². The summed E-state index contributed by atoms with van der Waals surface area (Å²) >= 11 is 0. The standard InChI is InChI=1S/C21H29F3N4O4/c1-12(2)9-15(17(25)29)26-18(30)14-5-6-16(19(27-14)32-10-13-3-4-13)28-8-7-20(31,11-28)21(22,23)24/h5-6,12-13,15,31H,3-4,7-11H2,1-2H3,(H2,25,29)(H,26,30). The van der Waals surface area contributed by atoms with Crippen LogP contribution in [0.3, 0.4) is 0 Å². The molecule has 32 heavy (non-hydrogen) atoms. The number of halogens is 3. The van der Waals surface area contributed by atoms with Crippen molar-refractivity contribution in [3.63, 3.8) is 0 Å². The van der Waals surface area contributed by atoms with Crippen LogP contribution in [0.4, 0.5) is 18.9 Å². The van der Waals surface area contributed by atoms with Gasteiger partial charge >= 0.3 is 6.18 Å². The van der Waals surface area contributed by atoms with Crippen LogP contribution in [-0.4, -0.2) is 59.4 Å². The molecule has 2 aliphatic rings. The first-order valence-corrected chi connectivity index (χ1v) is 10.7. The number of rotatable bonds is 9. The van der Waals surface area contributed by atoms with E-state index in [0.717, 1.165) is 12.8 Å². The zero-order valence-electron chi connectivity index (χ0n) is 18.1. The van der Waals surface area contributed by atoms with E-state index in [1.807, 2.05) is 13.8 Å². The van der Waals surface area contributed by atoms with E-state index in [-0.39, 0.29) is 29.7 Å². The van der Waals surface area contributed by atoms with Crippen LogP contribution in [-0.2, 0) is 4.79 Å². The minimum Gasteiger partial charge on any atom is -0.476 e. The number of pyridine rings is 1. The highest BCUT2D eigenvalue weighted by molar-refractivity contribution is 5.96. The molecule has 1 saturated carbocycles. The summed E-state index contributed by atoms with van der Waals surface area (Å²) in [7, 11) is 0. The lowest BCUT2D eigenvalue weighted by Gasteiger charge is -2.27. The highest BCUT2D eigenvalue weighted by Gasteiger charge is 2.57. The number of carbonyl (C=O) groups excluding carboxylic acids is 2. The van der Waals surface area contributed by atoms with Gasteiger partial charge in [-0.05, 0) is 43.2 Å². The first-order chi connectivity index (χ1) is 14.9. The van der Waals surface area contributed by atoms with E-state index in [2.05, 4.69) is 10.3 Å². The summed E-state index contributed by atoms with van der Waals surface area (Å²) in [6.07, 6.45) is -2.90. The van der Waals surface area contributed by atoms with Crippen LogP contribution in [0.25, 0.3) is 0 Å². The third kappa shape index (κ3) is 5.62. The Bertz CT molecular complexity index is 860. The molecule has 1 aromatic heterocycles. The second-order valence-corrected chi connectivity index (χ2v) is 9.03. The third-order valence-corrected chi connectivity index (χ3v) is 5.70. The number of nitrogens with zero attached hydrogens (tertiary/aromatic N) is 2. The van der Waals surface area contributed by atoms with E-state index in [4.69, 9.17) is 10.5 Å². The Morgan fingerprint density at radius 2 is 2.06 bits per heavy atom. The minimum atomic E-state index is -4.76. The van der Waals surface area contributed by atoms with Crippen molar-refractivity contribution < 1.29 is 32.6 Å². The van der Waals surface area contributed by atoms with Crippen molar-refractivity contribution in [1.82, 2.24) is 10.3 Å². The molecule has 11 heteroatoms. The van der Waals surface area contributed by atoms with Gasteiger partial charge in [0.05, 0.1) is 13.2 Å². The lowest BCUT2D eigenvalue weighted by atomic mass is 10.0. The van der Waals surface area contributed by atoms with Gasteiger partial charge in [0.2, 0.25) is 11.8 Å². The lowest BCUT2D eigenvalue weighted by molar-refractivity contribution is -0.250. The van der Waals surface area contributed by atoms with Crippen LogP contribution in [0.1, 0.15) is 50.0 Å². The van der Waals surface area contributed by atoms with Crippen molar-refractivity contribution in [3.8, 4) is 5.88 Å². The molecule has 2 atom stereocenters. The molecule has 1 aromatic rings. The van der Waals surface area contributed by atoms with Gasteiger partial charge in [0.25, 0.3) is 5.91 Å². The zero-order valence-corrected chi connectivity index (χ0v) is 18.1. The number of nitrogens with two attached hydrogens (primary N) is 1. The fourth-order valence-electron chi connectivity index (χ4n) is 3.57. The Hall–Kier alpha value is -2.56. The Kier molecular flexibility index (Phi) is 6.87. The molecule has 178 valence electrons. The maximum Gasteiger partial charge on any atom is 0.418 e. The molecular weight excluding hydrogens is 429 g/mol. The lowest BCUT2D eigenvalue weighted by Crippen LogP contribution is -2.47. The number of β-amino-alcohol motifs (C(OH)–C–C–N with tert-alkyl or cyclic N) is 1. The highest BCUT2D eigenvalue weighted by atomic mass is 19.4. The van der Waals surface area contributed by atoms with Gasteiger partial charge in [-0.2, -0.15) is 13.2 Å². The Labute approximate surface area is 184 Å². The van der Waals surface area contributed by atoms with Gasteiger partial charge in [-0.25, -0.2) is 4.98 Å². The summed E-state index contributed by atoms with van der Waals surface area (Å²) in [6.45, 7) is 3.41. The third-order valence-electron chi connectivity index (χ3n) is 5.70. The summed E-state index contributed by atoms with van der Waals surface area (Å²) in [6, 6.07) is 1.93. The smallest absolute Gasteiger partial charge is 0.418 e. The quantitative estimate of drug-likeness (QED) is 0.521. The van der Waals surface area contributed by atoms with Crippen molar-refractivity contribution in [3.05, 3.63) is 17.8 Å². The molecule has 0 spiro atoms. The highest BCUT2D eigenvalue weighted by Crippen LogP contribution is 2.41. The number of ether oxygens (including phenoxy) is 1. The van der Waals surface area contributed by atoms with Crippen LogP contribution in [0.15, 0.2) is 12.1 Å². The first-order valence-electron chi connectivity index (χ1n) is 10.7. The van der Waals surface area contributed by atoms with Crippen LogP contribution in [0.5, 0.6) is 5.88 Å².